The van der Waals surface area contributed by atoms with Crippen LogP contribution in [0.4, 0.5) is 13.2 Å². The van der Waals surface area contributed by atoms with E-state index in [1.807, 2.05) is 12.1 Å². The highest BCUT2D eigenvalue weighted by molar-refractivity contribution is 7.14. The molecule has 3 rings (SSSR count). The molecule has 1 aliphatic carbocycles. The zero-order valence-corrected chi connectivity index (χ0v) is 12.2. The number of halogens is 3. The molecule has 1 nitrogen and oxygen atoms in total. The van der Waals surface area contributed by atoms with Gasteiger partial charge in [-0.3, -0.25) is 0 Å². The third-order valence-corrected chi connectivity index (χ3v) is 5.23. The Morgan fingerprint density at radius 3 is 2.48 bits per heavy atom. The summed E-state index contributed by atoms with van der Waals surface area (Å²) in [5, 5.41) is 7.63. The summed E-state index contributed by atoms with van der Waals surface area (Å²) in [4.78, 5) is 2.08. The Morgan fingerprint density at radius 1 is 1.14 bits per heavy atom. The number of fused-ring (bicyclic) bond motifs is 1. The molecule has 0 saturated heterocycles. The zero-order chi connectivity index (χ0) is 15.2. The maximum Gasteiger partial charge on any atom is 0.416 e. The van der Waals surface area contributed by atoms with Crippen LogP contribution in [0, 0.1) is 5.41 Å². The lowest BCUT2D eigenvalue weighted by atomic mass is 10.0. The average molecular weight is 309 g/mol. The molecule has 0 saturated carbocycles. The Hall–Kier alpha value is -1.62. The molecule has 110 valence electrons. The van der Waals surface area contributed by atoms with Crippen molar-refractivity contribution in [2.24, 2.45) is 0 Å². The van der Waals surface area contributed by atoms with Crippen LogP contribution in [0.3, 0.4) is 0 Å². The van der Waals surface area contributed by atoms with Gasteiger partial charge in [-0.2, -0.15) is 13.2 Å². The van der Waals surface area contributed by atoms with Crippen molar-refractivity contribution in [3.8, 4) is 0 Å². The fourth-order valence-electron chi connectivity index (χ4n) is 2.77. The molecule has 1 aromatic carbocycles. The van der Waals surface area contributed by atoms with Crippen LogP contribution in [0.5, 0.6) is 0 Å². The Labute approximate surface area is 124 Å². The van der Waals surface area contributed by atoms with Gasteiger partial charge in [0, 0.05) is 21.4 Å². The normalized spacial score (nSPS) is 17.8. The fourth-order valence-corrected chi connectivity index (χ4v) is 3.78. The van der Waals surface area contributed by atoms with E-state index in [0.717, 1.165) is 27.3 Å². The molecule has 1 aromatic heterocycles. The molecule has 0 spiro atoms. The van der Waals surface area contributed by atoms with Crippen molar-refractivity contribution in [3.63, 3.8) is 0 Å². The van der Waals surface area contributed by atoms with Crippen LogP contribution in [-0.4, -0.2) is 5.71 Å². The third kappa shape index (κ3) is 2.75. The molecule has 1 aliphatic rings. The van der Waals surface area contributed by atoms with E-state index in [-0.39, 0.29) is 5.92 Å². The Morgan fingerprint density at radius 2 is 1.86 bits per heavy atom. The molecule has 1 atom stereocenters. The summed E-state index contributed by atoms with van der Waals surface area (Å²) in [6, 6.07) is 7.98. The summed E-state index contributed by atoms with van der Waals surface area (Å²) in [5.74, 6) is 0.238. The highest BCUT2D eigenvalue weighted by Crippen LogP contribution is 2.39. The minimum Gasteiger partial charge on any atom is -0.304 e. The van der Waals surface area contributed by atoms with Crippen LogP contribution in [0.15, 0.2) is 30.3 Å². The molecule has 1 unspecified atom stereocenters. The lowest BCUT2D eigenvalue weighted by molar-refractivity contribution is -0.137. The molecule has 0 bridgehead atoms. The number of alkyl halides is 3. The first kappa shape index (κ1) is 14.3. The second kappa shape index (κ2) is 4.98. The molecule has 5 heteroatoms. The number of hydrogen-bond acceptors (Lipinski definition) is 2. The predicted octanol–water partition coefficient (Wildman–Crippen LogP) is 5.04. The van der Waals surface area contributed by atoms with Gasteiger partial charge < -0.3 is 5.41 Å². The predicted molar refractivity (Wildman–Crippen MR) is 78.4 cm³/mol. The quantitative estimate of drug-likeness (QED) is 0.752. The Kier molecular flexibility index (Phi) is 3.40. The minimum atomic E-state index is -4.28. The average Bonchev–Trinajstić information content (AvgIpc) is 3.03. The van der Waals surface area contributed by atoms with Crippen molar-refractivity contribution < 1.29 is 13.2 Å². The highest BCUT2D eigenvalue weighted by Gasteiger charge is 2.33. The van der Waals surface area contributed by atoms with Gasteiger partial charge >= 0.3 is 6.18 Å². The summed E-state index contributed by atoms with van der Waals surface area (Å²) in [6.07, 6.45) is -2.85. The smallest absolute Gasteiger partial charge is 0.304 e. The number of thiophene rings is 1. The first-order valence-electron chi connectivity index (χ1n) is 6.69. The van der Waals surface area contributed by atoms with E-state index in [1.54, 1.807) is 24.3 Å². The number of rotatable bonds is 2. The lowest BCUT2D eigenvalue weighted by Gasteiger charge is -2.08. The second-order valence-corrected chi connectivity index (χ2v) is 6.53. The van der Waals surface area contributed by atoms with Crippen LogP contribution in [0.25, 0.3) is 0 Å². The van der Waals surface area contributed by atoms with E-state index in [0.29, 0.717) is 12.1 Å². The van der Waals surface area contributed by atoms with Crippen LogP contribution >= 0.6 is 11.3 Å². The molecule has 0 radical (unpaired) electrons. The summed E-state index contributed by atoms with van der Waals surface area (Å²) >= 11 is 1.57. The van der Waals surface area contributed by atoms with Gasteiger partial charge in [0.2, 0.25) is 0 Å². The van der Waals surface area contributed by atoms with Gasteiger partial charge in [-0.05, 0) is 55.2 Å². The van der Waals surface area contributed by atoms with Gasteiger partial charge in [-0.1, -0.05) is 6.07 Å². The van der Waals surface area contributed by atoms with E-state index in [4.69, 9.17) is 5.41 Å². The standard InChI is InChI=1S/C16H14F3NS/c1-9(20)14-4-5-15(21-14)12-6-10-2-3-13(16(17,18)19)8-11(10)7-12/h2-5,8,12,20H,6-7H2,1H3. The van der Waals surface area contributed by atoms with Gasteiger partial charge in [-0.25, -0.2) is 0 Å². The maximum absolute atomic E-state index is 12.7. The first-order chi connectivity index (χ1) is 9.84. The first-order valence-corrected chi connectivity index (χ1v) is 7.50. The van der Waals surface area contributed by atoms with Gasteiger partial charge in [0.1, 0.15) is 0 Å². The molecule has 0 aliphatic heterocycles. The zero-order valence-electron chi connectivity index (χ0n) is 11.4. The Bertz CT molecular complexity index is 700. The third-order valence-electron chi connectivity index (χ3n) is 3.86. The van der Waals surface area contributed by atoms with Crippen LogP contribution in [-0.2, 0) is 19.0 Å². The molecule has 21 heavy (non-hydrogen) atoms. The minimum absolute atomic E-state index is 0.238. The maximum atomic E-state index is 12.7. The largest absolute Gasteiger partial charge is 0.416 e. The molecule has 1 N–H and O–H groups in total. The van der Waals surface area contributed by atoms with E-state index in [2.05, 4.69) is 0 Å². The van der Waals surface area contributed by atoms with Gasteiger partial charge in [0.05, 0.1) is 5.56 Å². The molecular weight excluding hydrogens is 295 g/mol. The van der Waals surface area contributed by atoms with Crippen molar-refractivity contribution in [2.45, 2.75) is 31.9 Å². The molecule has 0 amide bonds. The van der Waals surface area contributed by atoms with Crippen LogP contribution in [0.2, 0.25) is 0 Å². The van der Waals surface area contributed by atoms with E-state index >= 15 is 0 Å². The van der Waals surface area contributed by atoms with Crippen molar-refractivity contribution in [2.75, 3.05) is 0 Å². The van der Waals surface area contributed by atoms with Crippen LogP contribution < -0.4 is 0 Å². The monoisotopic (exact) mass is 309 g/mol. The SMILES string of the molecule is CC(=N)c1ccc(C2Cc3ccc(C(F)(F)F)cc3C2)s1. The molecular formula is C16H14F3NS. The fraction of sp³-hybridized carbons (Fsp3) is 0.312. The number of benzene rings is 1. The van der Waals surface area contributed by atoms with E-state index in [1.165, 1.54) is 12.1 Å². The van der Waals surface area contributed by atoms with Gasteiger partial charge in [-0.15, -0.1) is 11.3 Å². The summed E-state index contributed by atoms with van der Waals surface area (Å²) in [7, 11) is 0. The lowest BCUT2D eigenvalue weighted by Crippen LogP contribution is -2.05. The van der Waals surface area contributed by atoms with Crippen molar-refractivity contribution in [1.29, 1.82) is 5.41 Å². The number of nitrogens with one attached hydrogen (secondary N) is 1. The van der Waals surface area contributed by atoms with Crippen molar-refractivity contribution >= 4 is 17.0 Å². The molecule has 1 heterocycles. The van der Waals surface area contributed by atoms with Gasteiger partial charge in [0.25, 0.3) is 0 Å². The summed E-state index contributed by atoms with van der Waals surface area (Å²) in [6.45, 7) is 1.74. The number of hydrogen-bond donors (Lipinski definition) is 1. The highest BCUT2D eigenvalue weighted by atomic mass is 32.1. The summed E-state index contributed by atoms with van der Waals surface area (Å²) in [5.41, 5.74) is 1.77. The van der Waals surface area contributed by atoms with Gasteiger partial charge in [0.15, 0.2) is 0 Å². The van der Waals surface area contributed by atoms with E-state index < -0.39 is 11.7 Å². The topological polar surface area (TPSA) is 23.9 Å². The van der Waals surface area contributed by atoms with E-state index in [9.17, 15) is 13.2 Å². The Balaban J connectivity index is 1.85. The van der Waals surface area contributed by atoms with Crippen molar-refractivity contribution in [3.05, 3.63) is 56.8 Å². The molecule has 0 fully saturated rings. The van der Waals surface area contributed by atoms with Crippen molar-refractivity contribution in [1.82, 2.24) is 0 Å². The summed E-state index contributed by atoms with van der Waals surface area (Å²) < 4.78 is 38.2. The van der Waals surface area contributed by atoms with Crippen LogP contribution in [0.1, 0.15) is 39.3 Å². The second-order valence-electron chi connectivity index (χ2n) is 5.41. The molecule has 2 aromatic rings.